The molecule has 4 heteroatoms. The van der Waals surface area contributed by atoms with Gasteiger partial charge in [0.2, 0.25) is 0 Å². The van der Waals surface area contributed by atoms with E-state index in [2.05, 4.69) is 4.79 Å². The number of hydrogen-bond donors (Lipinski definition) is 2. The first kappa shape index (κ1) is 8.30. The van der Waals surface area contributed by atoms with Gasteiger partial charge in [0.15, 0.2) is 0 Å². The summed E-state index contributed by atoms with van der Waals surface area (Å²) >= 11 is 0. The molecule has 2 N–H and O–H groups in total. The summed E-state index contributed by atoms with van der Waals surface area (Å²) in [4.78, 5) is 2.77. The Hall–Kier alpha value is -1.80. The van der Waals surface area contributed by atoms with Crippen molar-refractivity contribution in [1.82, 2.24) is 0 Å². The molecule has 0 spiro atoms. The lowest BCUT2D eigenvalue weighted by atomic mass is 10.1. The molecule has 0 atom stereocenters. The molecule has 0 fully saturated rings. The Kier molecular flexibility index (Phi) is 2.12. The SMILES string of the molecule is Cc1c(O)ccc(O)c1C=[N+]=[N-]. The first-order chi connectivity index (χ1) is 5.66. The van der Waals surface area contributed by atoms with Gasteiger partial charge in [-0.05, 0) is 19.1 Å². The number of hydrogen-bond acceptors (Lipinski definition) is 2. The lowest BCUT2D eigenvalue weighted by Crippen LogP contribution is -1.88. The molecular weight excluding hydrogens is 156 g/mol. The van der Waals surface area contributed by atoms with Crippen molar-refractivity contribution >= 4 is 6.21 Å². The van der Waals surface area contributed by atoms with Crippen LogP contribution in [0.15, 0.2) is 12.1 Å². The Morgan fingerprint density at radius 1 is 1.33 bits per heavy atom. The second-order valence-electron chi connectivity index (χ2n) is 2.39. The van der Waals surface area contributed by atoms with Crippen molar-refractivity contribution in [2.45, 2.75) is 6.92 Å². The highest BCUT2D eigenvalue weighted by molar-refractivity contribution is 5.82. The summed E-state index contributed by atoms with van der Waals surface area (Å²) in [6.07, 6.45) is 1.07. The average molecular weight is 164 g/mol. The molecule has 0 saturated carbocycles. The molecule has 1 rings (SSSR count). The third-order valence-corrected chi connectivity index (χ3v) is 1.65. The monoisotopic (exact) mass is 164 g/mol. The highest BCUT2D eigenvalue weighted by Gasteiger charge is 2.09. The molecule has 0 aromatic heterocycles. The molecule has 0 amide bonds. The van der Waals surface area contributed by atoms with Crippen LogP contribution in [0.25, 0.3) is 5.53 Å². The largest absolute Gasteiger partial charge is 0.508 e. The Morgan fingerprint density at radius 3 is 2.50 bits per heavy atom. The number of benzene rings is 1. The van der Waals surface area contributed by atoms with Gasteiger partial charge in [-0.1, -0.05) is 0 Å². The molecule has 0 aliphatic rings. The minimum absolute atomic E-state index is 0.0249. The van der Waals surface area contributed by atoms with Crippen LogP contribution in [0.1, 0.15) is 11.1 Å². The quantitative estimate of drug-likeness (QED) is 0.282. The summed E-state index contributed by atoms with van der Waals surface area (Å²) < 4.78 is 0. The summed E-state index contributed by atoms with van der Waals surface area (Å²) in [6.45, 7) is 1.62. The molecule has 0 bridgehead atoms. The number of nitrogens with zero attached hydrogens (tertiary/aromatic N) is 2. The van der Waals surface area contributed by atoms with Gasteiger partial charge in [-0.2, -0.15) is 4.79 Å². The molecule has 0 heterocycles. The van der Waals surface area contributed by atoms with Crippen LogP contribution in [0, 0.1) is 6.92 Å². The summed E-state index contributed by atoms with van der Waals surface area (Å²) in [7, 11) is 0. The van der Waals surface area contributed by atoms with Crippen molar-refractivity contribution in [3.8, 4) is 11.5 Å². The Bertz CT molecular complexity index is 354. The maximum absolute atomic E-state index is 9.23. The highest BCUT2D eigenvalue weighted by Crippen LogP contribution is 2.25. The average Bonchev–Trinajstić information content (AvgIpc) is 2.06. The summed E-state index contributed by atoms with van der Waals surface area (Å²) in [5, 5.41) is 18.4. The third-order valence-electron chi connectivity index (χ3n) is 1.65. The predicted octanol–water partition coefficient (Wildman–Crippen LogP) is 1.05. The first-order valence-corrected chi connectivity index (χ1v) is 3.35. The molecule has 0 aliphatic carbocycles. The van der Waals surface area contributed by atoms with Crippen molar-refractivity contribution < 1.29 is 15.0 Å². The third kappa shape index (κ3) is 1.28. The normalized spacial score (nSPS) is 9.08. The molecular formula is C8H8N2O2. The van der Waals surface area contributed by atoms with Crippen LogP contribution in [-0.4, -0.2) is 21.2 Å². The van der Waals surface area contributed by atoms with Crippen molar-refractivity contribution in [3.63, 3.8) is 0 Å². The van der Waals surface area contributed by atoms with E-state index < -0.39 is 0 Å². The van der Waals surface area contributed by atoms with E-state index in [1.807, 2.05) is 0 Å². The van der Waals surface area contributed by atoms with Crippen molar-refractivity contribution in [3.05, 3.63) is 28.8 Å². The number of rotatable bonds is 1. The van der Waals surface area contributed by atoms with E-state index in [1.54, 1.807) is 6.92 Å². The minimum atomic E-state index is -0.0249. The zero-order valence-electron chi connectivity index (χ0n) is 6.52. The van der Waals surface area contributed by atoms with E-state index >= 15 is 0 Å². The standard InChI is InChI=1S/C8H8N2O2/c1-5-6(4-10-9)8(12)3-2-7(5)11/h2-4,11-12H,1H3. The van der Waals surface area contributed by atoms with Crippen LogP contribution in [0.5, 0.6) is 11.5 Å². The predicted molar refractivity (Wildman–Crippen MR) is 43.3 cm³/mol. The Morgan fingerprint density at radius 2 is 1.92 bits per heavy atom. The van der Waals surface area contributed by atoms with E-state index in [1.165, 1.54) is 12.1 Å². The first-order valence-electron chi connectivity index (χ1n) is 3.35. The topological polar surface area (TPSA) is 76.9 Å². The van der Waals surface area contributed by atoms with Gasteiger partial charge < -0.3 is 15.7 Å². The van der Waals surface area contributed by atoms with Gasteiger partial charge in [0.05, 0.1) is 0 Å². The summed E-state index contributed by atoms with van der Waals surface area (Å²) in [5.41, 5.74) is 9.03. The second-order valence-corrected chi connectivity index (χ2v) is 2.39. The van der Waals surface area contributed by atoms with Gasteiger partial charge in [0, 0.05) is 5.56 Å². The van der Waals surface area contributed by atoms with Gasteiger partial charge in [0.25, 0.3) is 6.21 Å². The Balaban J connectivity index is 3.42. The molecule has 0 unspecified atom stereocenters. The van der Waals surface area contributed by atoms with Gasteiger partial charge in [-0.25, -0.2) is 0 Å². The van der Waals surface area contributed by atoms with Crippen LogP contribution in [0.3, 0.4) is 0 Å². The van der Waals surface area contributed by atoms with E-state index in [-0.39, 0.29) is 11.5 Å². The maximum atomic E-state index is 9.23. The highest BCUT2D eigenvalue weighted by atomic mass is 16.3. The van der Waals surface area contributed by atoms with Crippen LogP contribution in [-0.2, 0) is 0 Å². The molecule has 4 nitrogen and oxygen atoms in total. The van der Waals surface area contributed by atoms with E-state index in [9.17, 15) is 10.2 Å². The lowest BCUT2D eigenvalue weighted by Gasteiger charge is -2.01. The van der Waals surface area contributed by atoms with Gasteiger partial charge in [0.1, 0.15) is 17.1 Å². The van der Waals surface area contributed by atoms with E-state index in [0.717, 1.165) is 6.21 Å². The summed E-state index contributed by atoms with van der Waals surface area (Å²) in [5.74, 6) is 0.0331. The van der Waals surface area contributed by atoms with Crippen LogP contribution >= 0.6 is 0 Å². The lowest BCUT2D eigenvalue weighted by molar-refractivity contribution is 0.00438. The molecule has 62 valence electrons. The smallest absolute Gasteiger partial charge is 0.291 e. The maximum Gasteiger partial charge on any atom is 0.291 e. The van der Waals surface area contributed by atoms with Crippen molar-refractivity contribution in [2.75, 3.05) is 0 Å². The van der Waals surface area contributed by atoms with Gasteiger partial charge >= 0.3 is 0 Å². The second kappa shape index (κ2) is 3.07. The molecule has 1 aromatic carbocycles. The molecule has 0 saturated heterocycles. The number of phenols is 2. The molecule has 0 aliphatic heterocycles. The van der Waals surface area contributed by atoms with E-state index in [4.69, 9.17) is 5.53 Å². The van der Waals surface area contributed by atoms with Crippen LogP contribution < -0.4 is 0 Å². The van der Waals surface area contributed by atoms with Crippen molar-refractivity contribution in [1.29, 1.82) is 0 Å². The van der Waals surface area contributed by atoms with Crippen LogP contribution in [0.2, 0.25) is 0 Å². The van der Waals surface area contributed by atoms with E-state index in [0.29, 0.717) is 11.1 Å². The zero-order valence-corrected chi connectivity index (χ0v) is 6.52. The fourth-order valence-electron chi connectivity index (χ4n) is 0.923. The van der Waals surface area contributed by atoms with Crippen LogP contribution in [0.4, 0.5) is 0 Å². The minimum Gasteiger partial charge on any atom is -0.508 e. The summed E-state index contributed by atoms with van der Waals surface area (Å²) in [6, 6.07) is 2.71. The van der Waals surface area contributed by atoms with Gasteiger partial charge in [-0.15, -0.1) is 0 Å². The van der Waals surface area contributed by atoms with Gasteiger partial charge in [-0.3, -0.25) is 0 Å². The molecule has 0 radical (unpaired) electrons. The fourth-order valence-corrected chi connectivity index (χ4v) is 0.923. The fraction of sp³-hybridized carbons (Fsp3) is 0.125. The molecule has 12 heavy (non-hydrogen) atoms. The molecule has 1 aromatic rings. The number of aromatic hydroxyl groups is 2. The Labute approximate surface area is 69.3 Å². The zero-order chi connectivity index (χ0) is 9.14. The number of phenolic OH excluding ortho intramolecular Hbond substituents is 2. The van der Waals surface area contributed by atoms with Crippen molar-refractivity contribution in [2.24, 2.45) is 0 Å².